The number of anilines is 4. The van der Waals surface area contributed by atoms with Crippen molar-refractivity contribution in [3.63, 3.8) is 0 Å². The maximum atomic E-state index is 9.04. The number of hydrogen-bond donors (Lipinski definition) is 3. The predicted octanol–water partition coefficient (Wildman–Crippen LogP) is 2.80. The number of hydrogen-bond acceptors (Lipinski definition) is 9. The minimum atomic E-state index is 0.332. The Morgan fingerprint density at radius 2 is 1.94 bits per heavy atom. The van der Waals surface area contributed by atoms with Gasteiger partial charge < -0.3 is 20.3 Å². The Balaban J connectivity index is 1.34. The lowest BCUT2D eigenvalue weighted by molar-refractivity contribution is 0.0369. The molecule has 2 aromatic rings. The summed E-state index contributed by atoms with van der Waals surface area (Å²) >= 11 is 0. The average Bonchev–Trinajstić information content (AvgIpc) is 3.22. The fourth-order valence-corrected chi connectivity index (χ4v) is 5.45. The molecule has 5 rings (SSSR count). The van der Waals surface area contributed by atoms with Gasteiger partial charge in [0.15, 0.2) is 5.82 Å². The van der Waals surface area contributed by atoms with Crippen LogP contribution in [0.1, 0.15) is 44.2 Å². The smallest absolute Gasteiger partial charge is 0.226 e. The Hall–Kier alpha value is -2.90. The van der Waals surface area contributed by atoms with E-state index in [-0.39, 0.29) is 0 Å². The van der Waals surface area contributed by atoms with Gasteiger partial charge >= 0.3 is 0 Å². The topological polar surface area (TPSA) is 118 Å². The Labute approximate surface area is 194 Å². The van der Waals surface area contributed by atoms with Gasteiger partial charge in [-0.1, -0.05) is 6.42 Å². The minimum Gasteiger partial charge on any atom is -0.378 e. The molecule has 3 N–H and O–H groups in total. The zero-order valence-electron chi connectivity index (χ0n) is 19.3. The summed E-state index contributed by atoms with van der Waals surface area (Å²) in [5.41, 5.74) is 0.994. The first-order valence-corrected chi connectivity index (χ1v) is 12.1. The second-order valence-corrected chi connectivity index (χ2v) is 9.29. The van der Waals surface area contributed by atoms with E-state index in [9.17, 15) is 0 Å². The fourth-order valence-electron chi connectivity index (χ4n) is 5.45. The van der Waals surface area contributed by atoms with Gasteiger partial charge in [0.05, 0.1) is 19.3 Å². The highest BCUT2D eigenvalue weighted by Crippen LogP contribution is 2.35. The highest BCUT2D eigenvalue weighted by Gasteiger charge is 2.38. The van der Waals surface area contributed by atoms with Gasteiger partial charge in [-0.3, -0.25) is 10.00 Å². The van der Waals surface area contributed by atoms with Crippen LogP contribution in [0.25, 0.3) is 0 Å². The quantitative estimate of drug-likeness (QED) is 0.584. The molecular weight excluding hydrogens is 418 g/mol. The van der Waals surface area contributed by atoms with Crippen LogP contribution in [0.5, 0.6) is 0 Å². The van der Waals surface area contributed by atoms with Crippen LogP contribution in [0.4, 0.5) is 23.4 Å². The molecule has 0 aromatic carbocycles. The van der Waals surface area contributed by atoms with Crippen molar-refractivity contribution in [2.24, 2.45) is 0 Å². The largest absolute Gasteiger partial charge is 0.378 e. The number of H-pyrrole nitrogens is 1. The van der Waals surface area contributed by atoms with E-state index in [0.717, 1.165) is 55.6 Å². The summed E-state index contributed by atoms with van der Waals surface area (Å²) in [4.78, 5) is 14.5. The van der Waals surface area contributed by atoms with Gasteiger partial charge in [0.25, 0.3) is 0 Å². The van der Waals surface area contributed by atoms with Crippen molar-refractivity contribution >= 4 is 23.4 Å². The summed E-state index contributed by atoms with van der Waals surface area (Å²) in [7, 11) is 0. The van der Waals surface area contributed by atoms with Gasteiger partial charge in [-0.2, -0.15) is 20.3 Å². The summed E-state index contributed by atoms with van der Waals surface area (Å²) < 4.78 is 5.53. The van der Waals surface area contributed by atoms with Gasteiger partial charge in [-0.25, -0.2) is 0 Å². The Morgan fingerprint density at radius 1 is 1.15 bits per heavy atom. The number of morpholine rings is 1. The van der Waals surface area contributed by atoms with Crippen LogP contribution in [0.15, 0.2) is 12.1 Å². The second kappa shape index (κ2) is 9.93. The van der Waals surface area contributed by atoms with Crippen LogP contribution in [0.2, 0.25) is 0 Å². The molecule has 0 aliphatic carbocycles. The third kappa shape index (κ3) is 5.20. The van der Waals surface area contributed by atoms with Crippen molar-refractivity contribution < 1.29 is 4.74 Å². The summed E-state index contributed by atoms with van der Waals surface area (Å²) in [5.74, 6) is 3.03. The first-order chi connectivity index (χ1) is 16.2. The third-order valence-electron chi connectivity index (χ3n) is 6.95. The van der Waals surface area contributed by atoms with E-state index in [1.807, 2.05) is 19.1 Å². The van der Waals surface area contributed by atoms with E-state index in [2.05, 4.69) is 36.7 Å². The zero-order valence-corrected chi connectivity index (χ0v) is 19.3. The van der Waals surface area contributed by atoms with E-state index in [1.165, 1.54) is 19.3 Å². The first kappa shape index (κ1) is 21.9. The summed E-state index contributed by atoms with van der Waals surface area (Å²) in [6, 6.07) is 7.67. The van der Waals surface area contributed by atoms with Gasteiger partial charge in [-0.15, -0.1) is 0 Å². The Kier molecular flexibility index (Phi) is 6.60. The first-order valence-electron chi connectivity index (χ1n) is 12.1. The molecule has 2 aromatic heterocycles. The van der Waals surface area contributed by atoms with Crippen LogP contribution >= 0.6 is 0 Å². The standard InChI is InChI=1S/C23H33N9O/c1-16-12-21(30-29-16)26-20-15-22(31-8-10-33-11-9-31)28-23(27-20)25-17-13-18-4-2-5-19(14-17)32(18)7-3-6-24/h12,15,17-19H,2-5,7-11,13-14H2,1H3,(H3,25,26,27,28,29,30). The molecule has 2 unspecified atom stereocenters. The molecule has 3 aliphatic heterocycles. The maximum Gasteiger partial charge on any atom is 0.226 e. The number of nitrogens with zero attached hydrogens (tertiary/aromatic N) is 6. The summed E-state index contributed by atoms with van der Waals surface area (Å²) in [6.07, 6.45) is 6.44. The molecule has 3 saturated heterocycles. The Morgan fingerprint density at radius 3 is 2.64 bits per heavy atom. The van der Waals surface area contributed by atoms with Crippen molar-refractivity contribution in [3.05, 3.63) is 17.8 Å². The number of nitrogens with one attached hydrogen (secondary N) is 3. The lowest BCUT2D eigenvalue weighted by Gasteiger charge is -2.48. The number of fused-ring (bicyclic) bond motifs is 2. The highest BCUT2D eigenvalue weighted by molar-refractivity contribution is 5.59. The summed E-state index contributed by atoms with van der Waals surface area (Å²) in [6.45, 7) is 5.91. The van der Waals surface area contributed by atoms with Gasteiger partial charge in [0, 0.05) is 62.0 Å². The van der Waals surface area contributed by atoms with Gasteiger partial charge in [-0.05, 0) is 32.6 Å². The highest BCUT2D eigenvalue weighted by atomic mass is 16.5. The molecule has 0 spiro atoms. The van der Waals surface area contributed by atoms with E-state index < -0.39 is 0 Å². The third-order valence-corrected chi connectivity index (χ3v) is 6.95. The number of aryl methyl sites for hydroxylation is 1. The Bertz CT molecular complexity index is 967. The van der Waals surface area contributed by atoms with E-state index in [1.54, 1.807) is 0 Å². The normalized spacial score (nSPS) is 25.5. The van der Waals surface area contributed by atoms with E-state index in [4.69, 9.17) is 20.0 Å². The van der Waals surface area contributed by atoms with Crippen molar-refractivity contribution in [3.8, 4) is 6.07 Å². The number of nitriles is 1. The van der Waals surface area contributed by atoms with Crippen molar-refractivity contribution in [2.75, 3.05) is 48.4 Å². The molecule has 2 bridgehead atoms. The van der Waals surface area contributed by atoms with Crippen LogP contribution in [-0.4, -0.2) is 76.0 Å². The molecule has 3 aliphatic rings. The number of aromatic nitrogens is 4. The molecule has 0 radical (unpaired) electrons. The monoisotopic (exact) mass is 451 g/mol. The number of piperidine rings is 2. The molecular formula is C23H33N9O. The zero-order chi connectivity index (χ0) is 22.6. The van der Waals surface area contributed by atoms with E-state index >= 15 is 0 Å². The maximum absolute atomic E-state index is 9.04. The number of aromatic amines is 1. The van der Waals surface area contributed by atoms with E-state index in [0.29, 0.717) is 43.7 Å². The molecule has 3 fully saturated rings. The molecule has 176 valence electrons. The SMILES string of the molecule is Cc1cc(Nc2cc(N3CCOCC3)nc(NC3CC4CCCC(C3)N4CCC#N)n2)n[nH]1. The van der Waals surface area contributed by atoms with Crippen LogP contribution < -0.4 is 15.5 Å². The minimum absolute atomic E-state index is 0.332. The second-order valence-electron chi connectivity index (χ2n) is 9.29. The average molecular weight is 452 g/mol. The molecule has 33 heavy (non-hydrogen) atoms. The van der Waals surface area contributed by atoms with Crippen LogP contribution in [-0.2, 0) is 4.74 Å². The van der Waals surface area contributed by atoms with Gasteiger partial charge in [0.1, 0.15) is 11.6 Å². The van der Waals surface area contributed by atoms with Crippen molar-refractivity contribution in [1.82, 2.24) is 25.1 Å². The molecule has 0 saturated carbocycles. The number of ether oxygens (including phenoxy) is 1. The molecule has 0 amide bonds. The lowest BCUT2D eigenvalue weighted by atomic mass is 9.81. The molecule has 10 nitrogen and oxygen atoms in total. The molecule has 5 heterocycles. The van der Waals surface area contributed by atoms with Gasteiger partial charge in [0.2, 0.25) is 5.95 Å². The molecule has 2 atom stereocenters. The lowest BCUT2D eigenvalue weighted by Crippen LogP contribution is -2.55. The van der Waals surface area contributed by atoms with Crippen LogP contribution in [0, 0.1) is 18.3 Å². The van der Waals surface area contributed by atoms with Crippen molar-refractivity contribution in [2.45, 2.75) is 63.6 Å². The van der Waals surface area contributed by atoms with Crippen LogP contribution in [0.3, 0.4) is 0 Å². The number of rotatable bonds is 7. The summed E-state index contributed by atoms with van der Waals surface area (Å²) in [5, 5.41) is 23.3. The molecule has 10 heteroatoms. The predicted molar refractivity (Wildman–Crippen MR) is 127 cm³/mol. The van der Waals surface area contributed by atoms with Crippen molar-refractivity contribution in [1.29, 1.82) is 5.26 Å². The fraction of sp³-hybridized carbons (Fsp3) is 0.652.